The van der Waals surface area contributed by atoms with Gasteiger partial charge in [-0.15, -0.1) is 0 Å². The predicted molar refractivity (Wildman–Crippen MR) is 74.5 cm³/mol. The Bertz CT molecular complexity index is 667. The van der Waals surface area contributed by atoms with Crippen LogP contribution < -0.4 is 0 Å². The van der Waals surface area contributed by atoms with Gasteiger partial charge in [-0.2, -0.15) is 5.10 Å². The zero-order valence-electron chi connectivity index (χ0n) is 11.3. The minimum Gasteiger partial charge on any atom is -0.481 e. The minimum absolute atomic E-state index is 0.126. The summed E-state index contributed by atoms with van der Waals surface area (Å²) in [6, 6.07) is 9.14. The van der Waals surface area contributed by atoms with Crippen LogP contribution in [0, 0.1) is 0 Å². The van der Waals surface area contributed by atoms with E-state index in [1.807, 2.05) is 24.3 Å². The Labute approximate surface area is 121 Å². The second-order valence-corrected chi connectivity index (χ2v) is 5.07. The highest BCUT2D eigenvalue weighted by atomic mass is 16.4. The summed E-state index contributed by atoms with van der Waals surface area (Å²) in [5.74, 6) is -1.70. The molecule has 0 saturated heterocycles. The maximum atomic E-state index is 12.3. The quantitative estimate of drug-likeness (QED) is 0.916. The molecule has 1 aliphatic rings. The first-order chi connectivity index (χ1) is 10.1. The largest absolute Gasteiger partial charge is 0.481 e. The number of aromatic nitrogens is 2. The van der Waals surface area contributed by atoms with E-state index in [1.54, 1.807) is 28.0 Å². The third-order valence-electron chi connectivity index (χ3n) is 3.70. The van der Waals surface area contributed by atoms with Crippen LogP contribution >= 0.6 is 0 Å². The molecule has 6 nitrogen and oxygen atoms in total. The van der Waals surface area contributed by atoms with Crippen molar-refractivity contribution < 1.29 is 14.7 Å². The SMILES string of the molecule is O=C(O)[C@@H]1CN(C(=O)Cn2cccn2)Cc2ccccc21. The fourth-order valence-electron chi connectivity index (χ4n) is 2.64. The lowest BCUT2D eigenvalue weighted by atomic mass is 9.90. The molecule has 2 heterocycles. The summed E-state index contributed by atoms with van der Waals surface area (Å²) in [4.78, 5) is 25.3. The molecule has 21 heavy (non-hydrogen) atoms. The van der Waals surface area contributed by atoms with Crippen LogP contribution in [0.15, 0.2) is 42.7 Å². The standard InChI is InChI=1S/C15H15N3O3/c19-14(10-18-7-3-6-16-18)17-8-11-4-1-2-5-12(11)13(9-17)15(20)21/h1-7,13H,8-10H2,(H,20,21)/t13-/m1/s1. The Morgan fingerprint density at radius 2 is 2.10 bits per heavy atom. The first-order valence-electron chi connectivity index (χ1n) is 6.71. The van der Waals surface area contributed by atoms with Gasteiger partial charge in [0.15, 0.2) is 0 Å². The number of nitrogens with zero attached hydrogens (tertiary/aromatic N) is 3. The lowest BCUT2D eigenvalue weighted by Gasteiger charge is -2.32. The smallest absolute Gasteiger partial charge is 0.312 e. The maximum absolute atomic E-state index is 12.3. The van der Waals surface area contributed by atoms with Crippen molar-refractivity contribution >= 4 is 11.9 Å². The van der Waals surface area contributed by atoms with Crippen molar-refractivity contribution in [2.45, 2.75) is 19.0 Å². The van der Waals surface area contributed by atoms with Crippen molar-refractivity contribution in [2.24, 2.45) is 0 Å². The summed E-state index contributed by atoms with van der Waals surface area (Å²) in [5.41, 5.74) is 1.69. The molecule has 0 radical (unpaired) electrons. The monoisotopic (exact) mass is 285 g/mol. The number of hydrogen-bond acceptors (Lipinski definition) is 3. The summed E-state index contributed by atoms with van der Waals surface area (Å²) in [6.45, 7) is 0.772. The molecule has 1 aromatic carbocycles. The van der Waals surface area contributed by atoms with Crippen molar-refractivity contribution in [1.82, 2.24) is 14.7 Å². The van der Waals surface area contributed by atoms with Gasteiger partial charge in [0.2, 0.25) is 5.91 Å². The van der Waals surface area contributed by atoms with Gasteiger partial charge in [0.25, 0.3) is 0 Å². The van der Waals surface area contributed by atoms with Gasteiger partial charge in [-0.05, 0) is 17.2 Å². The average Bonchev–Trinajstić information content (AvgIpc) is 2.98. The molecule has 2 aromatic rings. The molecule has 1 atom stereocenters. The molecule has 0 unspecified atom stereocenters. The van der Waals surface area contributed by atoms with Crippen LogP contribution in [0.4, 0.5) is 0 Å². The molecular formula is C15H15N3O3. The normalized spacial score (nSPS) is 17.3. The zero-order chi connectivity index (χ0) is 14.8. The summed E-state index contributed by atoms with van der Waals surface area (Å²) < 4.78 is 1.54. The van der Waals surface area contributed by atoms with E-state index in [0.717, 1.165) is 11.1 Å². The molecule has 1 amide bonds. The fraction of sp³-hybridized carbons (Fsp3) is 0.267. The highest BCUT2D eigenvalue weighted by Crippen LogP contribution is 2.28. The fourth-order valence-corrected chi connectivity index (χ4v) is 2.64. The summed E-state index contributed by atoms with van der Waals surface area (Å²) in [5, 5.41) is 13.4. The van der Waals surface area contributed by atoms with E-state index in [0.29, 0.717) is 6.54 Å². The van der Waals surface area contributed by atoms with Gasteiger partial charge in [-0.1, -0.05) is 24.3 Å². The van der Waals surface area contributed by atoms with Gasteiger partial charge < -0.3 is 10.0 Å². The van der Waals surface area contributed by atoms with E-state index >= 15 is 0 Å². The number of hydrogen-bond donors (Lipinski definition) is 1. The highest BCUT2D eigenvalue weighted by Gasteiger charge is 2.32. The molecule has 3 rings (SSSR count). The van der Waals surface area contributed by atoms with Gasteiger partial charge in [0.1, 0.15) is 6.54 Å². The Hall–Kier alpha value is -2.63. The van der Waals surface area contributed by atoms with Crippen LogP contribution in [0.3, 0.4) is 0 Å². The van der Waals surface area contributed by atoms with Gasteiger partial charge >= 0.3 is 5.97 Å². The Morgan fingerprint density at radius 1 is 1.29 bits per heavy atom. The van der Waals surface area contributed by atoms with E-state index in [9.17, 15) is 14.7 Å². The first-order valence-corrected chi connectivity index (χ1v) is 6.71. The number of aliphatic carboxylic acids is 1. The Kier molecular flexibility index (Phi) is 3.43. The third kappa shape index (κ3) is 2.65. The predicted octanol–water partition coefficient (Wildman–Crippen LogP) is 1.09. The number of carboxylic acid groups (broad SMARTS) is 1. The van der Waals surface area contributed by atoms with Crippen LogP contribution in [-0.2, 0) is 22.7 Å². The summed E-state index contributed by atoms with van der Waals surface area (Å²) >= 11 is 0. The molecule has 0 aliphatic carbocycles. The molecular weight excluding hydrogens is 270 g/mol. The molecule has 0 saturated carbocycles. The summed E-state index contributed by atoms with van der Waals surface area (Å²) in [6.07, 6.45) is 3.32. The van der Waals surface area contributed by atoms with Crippen LogP contribution in [0.25, 0.3) is 0 Å². The number of carbonyl (C=O) groups is 2. The number of fused-ring (bicyclic) bond motifs is 1. The molecule has 0 fully saturated rings. The van der Waals surface area contributed by atoms with Gasteiger partial charge in [-0.25, -0.2) is 0 Å². The van der Waals surface area contributed by atoms with Crippen LogP contribution in [0.1, 0.15) is 17.0 Å². The van der Waals surface area contributed by atoms with Crippen LogP contribution in [0.2, 0.25) is 0 Å². The topological polar surface area (TPSA) is 75.4 Å². The molecule has 108 valence electrons. The molecule has 6 heteroatoms. The van der Waals surface area contributed by atoms with Crippen molar-refractivity contribution in [3.63, 3.8) is 0 Å². The van der Waals surface area contributed by atoms with Gasteiger partial charge in [0, 0.05) is 25.5 Å². The first kappa shape index (κ1) is 13.4. The van der Waals surface area contributed by atoms with E-state index in [1.165, 1.54) is 0 Å². The molecule has 1 N–H and O–H groups in total. The number of amides is 1. The minimum atomic E-state index is -0.904. The lowest BCUT2D eigenvalue weighted by molar-refractivity contribution is -0.141. The highest BCUT2D eigenvalue weighted by molar-refractivity contribution is 5.81. The van der Waals surface area contributed by atoms with Crippen molar-refractivity contribution in [3.8, 4) is 0 Å². The van der Waals surface area contributed by atoms with Crippen molar-refractivity contribution in [2.75, 3.05) is 6.54 Å². The number of carbonyl (C=O) groups excluding carboxylic acids is 1. The number of benzene rings is 1. The van der Waals surface area contributed by atoms with Crippen molar-refractivity contribution in [1.29, 1.82) is 0 Å². The van der Waals surface area contributed by atoms with Crippen molar-refractivity contribution in [3.05, 3.63) is 53.9 Å². The second-order valence-electron chi connectivity index (χ2n) is 5.07. The lowest BCUT2D eigenvalue weighted by Crippen LogP contribution is -2.42. The third-order valence-corrected chi connectivity index (χ3v) is 3.70. The van der Waals surface area contributed by atoms with E-state index < -0.39 is 11.9 Å². The van der Waals surface area contributed by atoms with E-state index in [4.69, 9.17) is 0 Å². The molecule has 1 aliphatic heterocycles. The van der Waals surface area contributed by atoms with E-state index in [2.05, 4.69) is 5.10 Å². The number of rotatable bonds is 3. The number of carboxylic acids is 1. The Balaban J connectivity index is 1.82. The van der Waals surface area contributed by atoms with Crippen LogP contribution in [-0.4, -0.2) is 38.2 Å². The van der Waals surface area contributed by atoms with E-state index in [-0.39, 0.29) is 19.0 Å². The Morgan fingerprint density at radius 3 is 2.81 bits per heavy atom. The molecule has 0 spiro atoms. The van der Waals surface area contributed by atoms with Crippen LogP contribution in [0.5, 0.6) is 0 Å². The maximum Gasteiger partial charge on any atom is 0.312 e. The zero-order valence-corrected chi connectivity index (χ0v) is 11.3. The second kappa shape index (κ2) is 5.40. The van der Waals surface area contributed by atoms with Gasteiger partial charge in [-0.3, -0.25) is 14.3 Å². The molecule has 1 aromatic heterocycles. The average molecular weight is 285 g/mol. The molecule has 0 bridgehead atoms. The summed E-state index contributed by atoms with van der Waals surface area (Å²) in [7, 11) is 0. The van der Waals surface area contributed by atoms with Gasteiger partial charge in [0.05, 0.1) is 5.92 Å².